The molecule has 1 aromatic rings. The first-order valence-corrected chi connectivity index (χ1v) is 4.82. The summed E-state index contributed by atoms with van der Waals surface area (Å²) in [6, 6.07) is 1.96. The number of pyridine rings is 1. The van der Waals surface area contributed by atoms with Crippen molar-refractivity contribution in [3.05, 3.63) is 23.4 Å². The number of aromatic nitrogens is 1. The molecule has 0 aromatic carbocycles. The number of hydrogen-bond donors (Lipinski definition) is 1. The van der Waals surface area contributed by atoms with Gasteiger partial charge < -0.3 is 10.5 Å². The number of methoxy groups -OCH3 is 1. The van der Waals surface area contributed by atoms with Crippen LogP contribution >= 0.6 is 0 Å². The van der Waals surface area contributed by atoms with Gasteiger partial charge in [0.1, 0.15) is 0 Å². The molecular weight excluding hydrogens is 176 g/mol. The summed E-state index contributed by atoms with van der Waals surface area (Å²) in [5.74, 6) is 1.06. The van der Waals surface area contributed by atoms with Crippen molar-refractivity contribution in [3.8, 4) is 5.88 Å². The molecule has 0 aliphatic carbocycles. The highest BCUT2D eigenvalue weighted by Crippen LogP contribution is 2.23. The van der Waals surface area contributed by atoms with Gasteiger partial charge in [-0.05, 0) is 24.0 Å². The predicted octanol–water partition coefficient (Wildman–Crippen LogP) is 2.05. The minimum atomic E-state index is 0.0495. The van der Waals surface area contributed by atoms with Gasteiger partial charge in [-0.2, -0.15) is 0 Å². The normalized spacial score (nSPS) is 13.0. The number of aryl methyl sites for hydroxylation is 1. The summed E-state index contributed by atoms with van der Waals surface area (Å²) in [6.45, 7) is 6.24. The lowest BCUT2D eigenvalue weighted by molar-refractivity contribution is 0.396. The summed E-state index contributed by atoms with van der Waals surface area (Å²) in [6.07, 6.45) is 1.80. The van der Waals surface area contributed by atoms with E-state index in [4.69, 9.17) is 10.5 Å². The highest BCUT2D eigenvalue weighted by atomic mass is 16.5. The third kappa shape index (κ3) is 2.23. The Balaban J connectivity index is 2.99. The molecule has 0 bridgehead atoms. The lowest BCUT2D eigenvalue weighted by Gasteiger charge is -2.18. The second kappa shape index (κ2) is 4.42. The molecule has 0 radical (unpaired) electrons. The van der Waals surface area contributed by atoms with Gasteiger partial charge in [0.15, 0.2) is 0 Å². The molecule has 1 rings (SSSR count). The van der Waals surface area contributed by atoms with E-state index in [-0.39, 0.29) is 6.04 Å². The van der Waals surface area contributed by atoms with E-state index in [1.54, 1.807) is 13.3 Å². The molecule has 0 aliphatic heterocycles. The largest absolute Gasteiger partial charge is 0.481 e. The van der Waals surface area contributed by atoms with Crippen LogP contribution in [0.1, 0.15) is 31.0 Å². The van der Waals surface area contributed by atoms with E-state index in [1.165, 1.54) is 0 Å². The highest BCUT2D eigenvalue weighted by molar-refractivity contribution is 5.30. The second-order valence-electron chi connectivity index (χ2n) is 3.85. The van der Waals surface area contributed by atoms with Gasteiger partial charge in [-0.1, -0.05) is 13.8 Å². The molecule has 1 aromatic heterocycles. The van der Waals surface area contributed by atoms with Crippen LogP contribution in [-0.2, 0) is 0 Å². The molecule has 0 fully saturated rings. The van der Waals surface area contributed by atoms with E-state index in [0.29, 0.717) is 11.8 Å². The van der Waals surface area contributed by atoms with E-state index < -0.39 is 0 Å². The summed E-state index contributed by atoms with van der Waals surface area (Å²) in [4.78, 5) is 4.16. The molecular formula is C11H18N2O. The first-order valence-electron chi connectivity index (χ1n) is 4.82. The summed E-state index contributed by atoms with van der Waals surface area (Å²) in [7, 11) is 1.61. The van der Waals surface area contributed by atoms with E-state index in [9.17, 15) is 0 Å². The summed E-state index contributed by atoms with van der Waals surface area (Å²) < 4.78 is 5.04. The zero-order chi connectivity index (χ0) is 10.7. The third-order valence-electron chi connectivity index (χ3n) is 2.41. The quantitative estimate of drug-likeness (QED) is 0.801. The molecule has 3 nitrogen and oxygen atoms in total. The summed E-state index contributed by atoms with van der Waals surface area (Å²) in [5, 5.41) is 0. The fraction of sp³-hybridized carbons (Fsp3) is 0.545. The van der Waals surface area contributed by atoms with Crippen molar-refractivity contribution < 1.29 is 4.74 Å². The van der Waals surface area contributed by atoms with Crippen LogP contribution in [0.25, 0.3) is 0 Å². The minimum Gasteiger partial charge on any atom is -0.481 e. The maximum Gasteiger partial charge on any atom is 0.213 e. The molecule has 0 spiro atoms. The molecule has 0 aliphatic rings. The van der Waals surface area contributed by atoms with Gasteiger partial charge in [0.05, 0.1) is 7.11 Å². The molecule has 0 saturated carbocycles. The standard InChI is InChI=1S/C11H18N2O/c1-7(2)11(12)9-6-13-10(14-4)5-8(9)3/h5-7,11H,12H2,1-4H3. The number of nitrogens with zero attached hydrogens (tertiary/aromatic N) is 1. The Morgan fingerprint density at radius 3 is 2.50 bits per heavy atom. The van der Waals surface area contributed by atoms with Gasteiger partial charge >= 0.3 is 0 Å². The topological polar surface area (TPSA) is 48.1 Å². The number of nitrogens with two attached hydrogens (primary N) is 1. The van der Waals surface area contributed by atoms with Crippen molar-refractivity contribution in [3.63, 3.8) is 0 Å². The van der Waals surface area contributed by atoms with Crippen LogP contribution in [0.5, 0.6) is 5.88 Å². The Morgan fingerprint density at radius 1 is 1.43 bits per heavy atom. The zero-order valence-electron chi connectivity index (χ0n) is 9.24. The molecule has 0 saturated heterocycles. The van der Waals surface area contributed by atoms with E-state index in [1.807, 2.05) is 13.0 Å². The van der Waals surface area contributed by atoms with Crippen LogP contribution in [-0.4, -0.2) is 12.1 Å². The first-order chi connectivity index (χ1) is 6.56. The molecule has 78 valence electrons. The van der Waals surface area contributed by atoms with E-state index >= 15 is 0 Å². The molecule has 14 heavy (non-hydrogen) atoms. The second-order valence-corrected chi connectivity index (χ2v) is 3.85. The van der Waals surface area contributed by atoms with Crippen LogP contribution in [0, 0.1) is 12.8 Å². The fourth-order valence-corrected chi connectivity index (χ4v) is 1.36. The predicted molar refractivity (Wildman–Crippen MR) is 57.3 cm³/mol. The van der Waals surface area contributed by atoms with Crippen molar-refractivity contribution in [2.24, 2.45) is 11.7 Å². The number of rotatable bonds is 3. The van der Waals surface area contributed by atoms with Crippen LogP contribution in [0.3, 0.4) is 0 Å². The van der Waals surface area contributed by atoms with Crippen LogP contribution in [0.4, 0.5) is 0 Å². The van der Waals surface area contributed by atoms with Gasteiger partial charge in [-0.25, -0.2) is 4.98 Å². The summed E-state index contributed by atoms with van der Waals surface area (Å²) in [5.41, 5.74) is 8.28. The average Bonchev–Trinajstić information content (AvgIpc) is 2.16. The van der Waals surface area contributed by atoms with E-state index in [0.717, 1.165) is 11.1 Å². The SMILES string of the molecule is COc1cc(C)c(C(N)C(C)C)cn1. The molecule has 3 heteroatoms. The number of ether oxygens (including phenoxy) is 1. The van der Waals surface area contributed by atoms with Gasteiger partial charge in [0.25, 0.3) is 0 Å². The summed E-state index contributed by atoms with van der Waals surface area (Å²) >= 11 is 0. The zero-order valence-corrected chi connectivity index (χ0v) is 9.24. The minimum absolute atomic E-state index is 0.0495. The van der Waals surface area contributed by atoms with Gasteiger partial charge in [0.2, 0.25) is 5.88 Å². The maximum absolute atomic E-state index is 6.05. The molecule has 0 amide bonds. The fourth-order valence-electron chi connectivity index (χ4n) is 1.36. The Kier molecular flexibility index (Phi) is 3.47. The molecule has 2 N–H and O–H groups in total. The van der Waals surface area contributed by atoms with Crippen molar-refractivity contribution in [2.75, 3.05) is 7.11 Å². The third-order valence-corrected chi connectivity index (χ3v) is 2.41. The molecule has 1 atom stereocenters. The Hall–Kier alpha value is -1.09. The van der Waals surface area contributed by atoms with Gasteiger partial charge in [0, 0.05) is 18.3 Å². The first kappa shape index (κ1) is 11.0. The molecule has 1 heterocycles. The Bertz CT molecular complexity index is 310. The van der Waals surface area contributed by atoms with Crippen LogP contribution in [0.15, 0.2) is 12.3 Å². The molecule has 1 unspecified atom stereocenters. The van der Waals surface area contributed by atoms with Crippen LogP contribution < -0.4 is 10.5 Å². The van der Waals surface area contributed by atoms with Crippen molar-refractivity contribution in [1.29, 1.82) is 0 Å². The van der Waals surface area contributed by atoms with Gasteiger partial charge in [-0.15, -0.1) is 0 Å². The Labute approximate surface area is 85.3 Å². The van der Waals surface area contributed by atoms with Crippen LogP contribution in [0.2, 0.25) is 0 Å². The Morgan fingerprint density at radius 2 is 2.07 bits per heavy atom. The van der Waals surface area contributed by atoms with E-state index in [2.05, 4.69) is 18.8 Å². The lowest BCUT2D eigenvalue weighted by atomic mass is 9.95. The lowest BCUT2D eigenvalue weighted by Crippen LogP contribution is -2.18. The highest BCUT2D eigenvalue weighted by Gasteiger charge is 2.13. The van der Waals surface area contributed by atoms with Gasteiger partial charge in [-0.3, -0.25) is 0 Å². The van der Waals surface area contributed by atoms with Crippen molar-refractivity contribution >= 4 is 0 Å². The van der Waals surface area contributed by atoms with Crippen molar-refractivity contribution in [2.45, 2.75) is 26.8 Å². The monoisotopic (exact) mass is 194 g/mol. The number of hydrogen-bond acceptors (Lipinski definition) is 3. The maximum atomic E-state index is 6.05. The average molecular weight is 194 g/mol. The van der Waals surface area contributed by atoms with Crippen molar-refractivity contribution in [1.82, 2.24) is 4.98 Å². The smallest absolute Gasteiger partial charge is 0.213 e.